The van der Waals surface area contributed by atoms with Gasteiger partial charge in [0.15, 0.2) is 0 Å². The number of hydrogen-bond acceptors (Lipinski definition) is 2. The SMILES string of the molecule is CC#CCCOC(C)C#Cc1ccc2cc(OCCCCCCCCCC)ccc2c1. The highest BCUT2D eigenvalue weighted by Gasteiger charge is 2.00. The predicted molar refractivity (Wildman–Crippen MR) is 132 cm³/mol. The molecular formula is C29H38O2. The van der Waals surface area contributed by atoms with Crippen LogP contribution >= 0.6 is 0 Å². The van der Waals surface area contributed by atoms with E-state index < -0.39 is 0 Å². The molecule has 0 N–H and O–H groups in total. The number of hydrogen-bond donors (Lipinski definition) is 0. The van der Waals surface area contributed by atoms with Gasteiger partial charge in [0.25, 0.3) is 0 Å². The molecule has 1 atom stereocenters. The molecule has 2 aromatic carbocycles. The molecule has 2 rings (SSSR count). The summed E-state index contributed by atoms with van der Waals surface area (Å²) in [5.41, 5.74) is 1.00. The number of rotatable bonds is 13. The van der Waals surface area contributed by atoms with Crippen LogP contribution in [-0.4, -0.2) is 19.3 Å². The van der Waals surface area contributed by atoms with E-state index in [1.807, 2.05) is 13.8 Å². The van der Waals surface area contributed by atoms with Gasteiger partial charge in [-0.25, -0.2) is 0 Å². The third kappa shape index (κ3) is 10.4. The molecule has 2 heteroatoms. The highest BCUT2D eigenvalue weighted by atomic mass is 16.5. The zero-order valence-corrected chi connectivity index (χ0v) is 19.6. The van der Waals surface area contributed by atoms with Gasteiger partial charge in [-0.3, -0.25) is 0 Å². The lowest BCUT2D eigenvalue weighted by Crippen LogP contribution is -2.05. The molecule has 2 aromatic rings. The van der Waals surface area contributed by atoms with E-state index in [0.29, 0.717) is 6.61 Å². The quantitative estimate of drug-likeness (QED) is 0.247. The van der Waals surface area contributed by atoms with E-state index >= 15 is 0 Å². The van der Waals surface area contributed by atoms with Crippen molar-refractivity contribution >= 4 is 10.8 Å². The van der Waals surface area contributed by atoms with Crippen LogP contribution in [0.3, 0.4) is 0 Å². The molecule has 0 bridgehead atoms. The summed E-state index contributed by atoms with van der Waals surface area (Å²) < 4.78 is 11.6. The van der Waals surface area contributed by atoms with Gasteiger partial charge in [0, 0.05) is 12.0 Å². The van der Waals surface area contributed by atoms with Crippen molar-refractivity contribution in [3.63, 3.8) is 0 Å². The van der Waals surface area contributed by atoms with Gasteiger partial charge < -0.3 is 9.47 Å². The number of benzene rings is 2. The van der Waals surface area contributed by atoms with E-state index in [-0.39, 0.29) is 6.10 Å². The van der Waals surface area contributed by atoms with Gasteiger partial charge in [-0.15, -0.1) is 11.8 Å². The minimum Gasteiger partial charge on any atom is -0.494 e. The molecule has 0 aromatic heterocycles. The fourth-order valence-electron chi connectivity index (χ4n) is 3.46. The highest BCUT2D eigenvalue weighted by Crippen LogP contribution is 2.22. The third-order valence-electron chi connectivity index (χ3n) is 5.27. The first kappa shape index (κ1) is 24.8. The van der Waals surface area contributed by atoms with Gasteiger partial charge >= 0.3 is 0 Å². The molecule has 166 valence electrons. The molecule has 0 heterocycles. The van der Waals surface area contributed by atoms with E-state index in [9.17, 15) is 0 Å². The van der Waals surface area contributed by atoms with Crippen molar-refractivity contribution in [1.82, 2.24) is 0 Å². The molecule has 0 radical (unpaired) electrons. The smallest absolute Gasteiger partial charge is 0.119 e. The molecule has 0 aliphatic rings. The zero-order chi connectivity index (χ0) is 22.2. The summed E-state index contributed by atoms with van der Waals surface area (Å²) in [4.78, 5) is 0. The van der Waals surface area contributed by atoms with E-state index in [1.165, 1.54) is 55.7 Å². The minimum atomic E-state index is -0.0959. The van der Waals surface area contributed by atoms with Gasteiger partial charge in [-0.05, 0) is 55.3 Å². The Hall–Kier alpha value is -2.42. The van der Waals surface area contributed by atoms with Crippen molar-refractivity contribution in [3.8, 4) is 29.4 Å². The molecule has 0 spiro atoms. The van der Waals surface area contributed by atoms with E-state index in [1.54, 1.807) is 0 Å². The van der Waals surface area contributed by atoms with Crippen LogP contribution in [-0.2, 0) is 4.74 Å². The zero-order valence-electron chi connectivity index (χ0n) is 19.6. The van der Waals surface area contributed by atoms with Gasteiger partial charge in [-0.2, -0.15) is 0 Å². The first-order valence-corrected chi connectivity index (χ1v) is 11.9. The second kappa shape index (κ2) is 15.4. The molecule has 1 unspecified atom stereocenters. The molecule has 31 heavy (non-hydrogen) atoms. The molecule has 0 saturated heterocycles. The van der Waals surface area contributed by atoms with Crippen LogP contribution in [0.1, 0.15) is 84.1 Å². The molecule has 0 amide bonds. The highest BCUT2D eigenvalue weighted by molar-refractivity contribution is 5.85. The summed E-state index contributed by atoms with van der Waals surface area (Å²) in [6, 6.07) is 12.6. The lowest BCUT2D eigenvalue weighted by atomic mass is 10.1. The number of unbranched alkanes of at least 4 members (excludes halogenated alkanes) is 7. The van der Waals surface area contributed by atoms with Crippen LogP contribution in [0.15, 0.2) is 36.4 Å². The third-order valence-corrected chi connectivity index (χ3v) is 5.27. The van der Waals surface area contributed by atoms with E-state index in [4.69, 9.17) is 9.47 Å². The Balaban J connectivity index is 1.76. The maximum Gasteiger partial charge on any atom is 0.119 e. The summed E-state index contributed by atoms with van der Waals surface area (Å²) in [6.07, 6.45) is 11.2. The summed E-state index contributed by atoms with van der Waals surface area (Å²) >= 11 is 0. The normalized spacial score (nSPS) is 11.3. The minimum absolute atomic E-state index is 0.0959. The van der Waals surface area contributed by atoms with E-state index in [0.717, 1.165) is 30.8 Å². The van der Waals surface area contributed by atoms with Crippen molar-refractivity contribution < 1.29 is 9.47 Å². The summed E-state index contributed by atoms with van der Waals surface area (Å²) in [5, 5.41) is 2.36. The van der Waals surface area contributed by atoms with Crippen molar-refractivity contribution in [2.45, 2.75) is 84.7 Å². The van der Waals surface area contributed by atoms with Gasteiger partial charge in [-0.1, -0.05) is 75.8 Å². The first-order chi connectivity index (χ1) is 15.2. The second-order valence-electron chi connectivity index (χ2n) is 8.01. The number of ether oxygens (including phenoxy) is 2. The Morgan fingerprint density at radius 1 is 0.839 bits per heavy atom. The predicted octanol–water partition coefficient (Wildman–Crippen LogP) is 7.53. The van der Waals surface area contributed by atoms with Crippen LogP contribution in [0.4, 0.5) is 0 Å². The number of fused-ring (bicyclic) bond motifs is 1. The van der Waals surface area contributed by atoms with Gasteiger partial charge in [0.2, 0.25) is 0 Å². The van der Waals surface area contributed by atoms with Crippen molar-refractivity contribution in [2.24, 2.45) is 0 Å². The monoisotopic (exact) mass is 418 g/mol. The summed E-state index contributed by atoms with van der Waals surface area (Å²) in [7, 11) is 0. The molecule has 0 aliphatic heterocycles. The molecule has 0 saturated carbocycles. The van der Waals surface area contributed by atoms with Crippen LogP contribution in [0.5, 0.6) is 5.75 Å². The fourth-order valence-corrected chi connectivity index (χ4v) is 3.46. The molecular weight excluding hydrogens is 380 g/mol. The van der Waals surface area contributed by atoms with Crippen LogP contribution < -0.4 is 4.74 Å². The topological polar surface area (TPSA) is 18.5 Å². The molecule has 0 aliphatic carbocycles. The lowest BCUT2D eigenvalue weighted by Gasteiger charge is -2.08. The summed E-state index contributed by atoms with van der Waals surface area (Å²) in [6.45, 7) is 7.50. The van der Waals surface area contributed by atoms with Crippen LogP contribution in [0, 0.1) is 23.7 Å². The average molecular weight is 419 g/mol. The van der Waals surface area contributed by atoms with Gasteiger partial charge in [0.05, 0.1) is 13.2 Å². The Bertz CT molecular complexity index is 892. The van der Waals surface area contributed by atoms with Gasteiger partial charge in [0.1, 0.15) is 11.9 Å². The Labute approximate surface area is 189 Å². The lowest BCUT2D eigenvalue weighted by molar-refractivity contribution is 0.109. The Morgan fingerprint density at radius 2 is 1.55 bits per heavy atom. The average Bonchev–Trinajstić information content (AvgIpc) is 2.79. The second-order valence-corrected chi connectivity index (χ2v) is 8.01. The maximum absolute atomic E-state index is 5.97. The van der Waals surface area contributed by atoms with Crippen molar-refractivity contribution in [3.05, 3.63) is 42.0 Å². The molecule has 0 fully saturated rings. The van der Waals surface area contributed by atoms with E-state index in [2.05, 4.69) is 67.0 Å². The van der Waals surface area contributed by atoms with Crippen molar-refractivity contribution in [1.29, 1.82) is 0 Å². The first-order valence-electron chi connectivity index (χ1n) is 11.9. The van der Waals surface area contributed by atoms with Crippen molar-refractivity contribution in [2.75, 3.05) is 13.2 Å². The summed E-state index contributed by atoms with van der Waals surface area (Å²) in [5.74, 6) is 13.2. The fraction of sp³-hybridized carbons (Fsp3) is 0.517. The molecule has 2 nitrogen and oxygen atoms in total. The Morgan fingerprint density at radius 3 is 2.32 bits per heavy atom. The Kier molecular flexibility index (Phi) is 12.3. The standard InChI is InChI=1S/C29H38O2/c1-4-6-8-9-10-11-12-14-22-31-29-20-19-27-23-26(17-18-28(27)24-29)16-15-25(3)30-21-13-7-5-2/h17-20,23-25H,4,6,8-14,21-22H2,1-3H3. The van der Waals surface area contributed by atoms with Crippen LogP contribution in [0.25, 0.3) is 10.8 Å². The van der Waals surface area contributed by atoms with Crippen LogP contribution in [0.2, 0.25) is 0 Å². The maximum atomic E-state index is 5.97. The largest absolute Gasteiger partial charge is 0.494 e.